The Bertz CT molecular complexity index is 287. The van der Waals surface area contributed by atoms with Crippen LogP contribution < -0.4 is 11.1 Å². The van der Waals surface area contributed by atoms with Crippen LogP contribution in [0.3, 0.4) is 0 Å². The first kappa shape index (κ1) is 24.0. The number of aliphatic hydroxyl groups is 2. The second-order valence-corrected chi connectivity index (χ2v) is 4.27. The fourth-order valence-electron chi connectivity index (χ4n) is 0.963. The number of nitrogens with two attached hydrogens (primary N) is 1. The summed E-state index contributed by atoms with van der Waals surface area (Å²) < 4.78 is 0. The minimum absolute atomic E-state index is 0.0807. The van der Waals surface area contributed by atoms with Crippen molar-refractivity contribution in [1.29, 1.82) is 0 Å². The summed E-state index contributed by atoms with van der Waals surface area (Å²) in [7, 11) is 0. The average Bonchev–Trinajstić information content (AvgIpc) is 2.36. The third-order valence-corrected chi connectivity index (χ3v) is 2.01. The minimum atomic E-state index is -1.33. The van der Waals surface area contributed by atoms with Gasteiger partial charge in [0.15, 0.2) is 0 Å². The number of aliphatic carboxylic acids is 1. The molecule has 0 saturated heterocycles. The van der Waals surface area contributed by atoms with Crippen LogP contribution in [0.1, 0.15) is 26.7 Å². The van der Waals surface area contributed by atoms with Crippen LogP contribution in [0.25, 0.3) is 0 Å². The number of amides is 2. The number of hydrogen-bond acceptors (Lipinski definition) is 5. The van der Waals surface area contributed by atoms with Gasteiger partial charge in [0.2, 0.25) is 0 Å². The van der Waals surface area contributed by atoms with Crippen molar-refractivity contribution >= 4 is 18.2 Å². The van der Waals surface area contributed by atoms with Gasteiger partial charge in [0.25, 0.3) is 0 Å². The zero-order valence-electron chi connectivity index (χ0n) is 12.1. The van der Waals surface area contributed by atoms with Crippen molar-refractivity contribution in [2.24, 2.45) is 11.1 Å². The van der Waals surface area contributed by atoms with Crippen LogP contribution in [0.15, 0.2) is 0 Å². The van der Waals surface area contributed by atoms with Gasteiger partial charge >= 0.3 is 18.2 Å². The molecule has 0 aliphatic heterocycles. The molecule has 0 fully saturated rings. The molecule has 0 heterocycles. The Kier molecular flexibility index (Phi) is 16.4. The molecule has 0 aliphatic rings. The van der Waals surface area contributed by atoms with Crippen LogP contribution in [-0.4, -0.2) is 63.4 Å². The first-order valence-corrected chi connectivity index (χ1v) is 5.93. The number of carbonyl (C=O) groups is 3. The van der Waals surface area contributed by atoms with Crippen LogP contribution in [0.5, 0.6) is 0 Å². The number of rotatable bonds is 6. The smallest absolute Gasteiger partial charge is 0.405 e. The molecule has 0 aromatic carbocycles. The van der Waals surface area contributed by atoms with E-state index in [1.165, 1.54) is 0 Å². The Labute approximate surface area is 122 Å². The topological polar surface area (TPSA) is 190 Å². The van der Waals surface area contributed by atoms with Gasteiger partial charge in [0.1, 0.15) is 6.54 Å². The number of hydrogen-bond donors (Lipinski definition) is 7. The summed E-state index contributed by atoms with van der Waals surface area (Å²) in [5.74, 6) is -1.19. The average molecular weight is 312 g/mol. The predicted molar refractivity (Wildman–Crippen MR) is 73.1 cm³/mol. The highest BCUT2D eigenvalue weighted by atomic mass is 16.4. The lowest BCUT2D eigenvalue weighted by Gasteiger charge is -2.23. The Morgan fingerprint density at radius 1 is 1.10 bits per heavy atom. The molecular weight excluding hydrogens is 288 g/mol. The summed E-state index contributed by atoms with van der Waals surface area (Å²) in [6.07, 6.45) is -0.759. The van der Waals surface area contributed by atoms with E-state index in [1.807, 2.05) is 13.8 Å². The van der Waals surface area contributed by atoms with E-state index in [4.69, 9.17) is 30.3 Å². The molecule has 0 aromatic rings. The van der Waals surface area contributed by atoms with Crippen LogP contribution >= 0.6 is 0 Å². The van der Waals surface area contributed by atoms with Crippen LogP contribution in [0.4, 0.5) is 9.59 Å². The van der Waals surface area contributed by atoms with Gasteiger partial charge in [-0.25, -0.2) is 9.59 Å². The van der Waals surface area contributed by atoms with E-state index in [9.17, 15) is 9.59 Å². The number of aliphatic hydroxyl groups excluding tert-OH is 2. The summed E-state index contributed by atoms with van der Waals surface area (Å²) in [4.78, 5) is 27.9. The molecule has 126 valence electrons. The molecule has 10 heteroatoms. The van der Waals surface area contributed by atoms with E-state index < -0.39 is 24.7 Å². The predicted octanol–water partition coefficient (Wildman–Crippen LogP) is -0.261. The number of carboxylic acid groups (broad SMARTS) is 3. The largest absolute Gasteiger partial charge is 0.480 e. The highest BCUT2D eigenvalue weighted by molar-refractivity contribution is 5.75. The van der Waals surface area contributed by atoms with E-state index in [-0.39, 0.29) is 18.6 Å². The van der Waals surface area contributed by atoms with Crippen LogP contribution in [0, 0.1) is 5.41 Å². The molecular formula is C11H24N2O8. The number of nitrogens with one attached hydrogen (secondary N) is 1. The van der Waals surface area contributed by atoms with E-state index in [0.717, 1.165) is 12.8 Å². The van der Waals surface area contributed by atoms with Gasteiger partial charge in [-0.1, -0.05) is 20.3 Å². The van der Waals surface area contributed by atoms with E-state index in [0.29, 0.717) is 0 Å². The summed E-state index contributed by atoms with van der Waals surface area (Å²) in [5, 5.41) is 42.0. The molecule has 0 aromatic heterocycles. The van der Waals surface area contributed by atoms with Gasteiger partial charge in [-0.3, -0.25) is 4.79 Å². The van der Waals surface area contributed by atoms with Gasteiger partial charge in [0.05, 0.1) is 13.2 Å². The maximum Gasteiger partial charge on any atom is 0.405 e. The molecule has 0 atom stereocenters. The Morgan fingerprint density at radius 2 is 1.48 bits per heavy atom. The summed E-state index contributed by atoms with van der Waals surface area (Å²) in [6.45, 7) is 3.55. The van der Waals surface area contributed by atoms with Gasteiger partial charge in [-0.2, -0.15) is 0 Å². The Balaban J connectivity index is -0.000000249. The molecule has 0 rings (SSSR count). The van der Waals surface area contributed by atoms with Crippen molar-refractivity contribution in [3.63, 3.8) is 0 Å². The van der Waals surface area contributed by atoms with E-state index in [1.54, 1.807) is 5.32 Å². The molecule has 0 aliphatic carbocycles. The van der Waals surface area contributed by atoms with Crippen molar-refractivity contribution in [2.45, 2.75) is 26.7 Å². The molecule has 10 nitrogen and oxygen atoms in total. The molecule has 0 unspecified atom stereocenters. The standard InChI is InChI=1S/C7H16O2.C3H5NO4.CH3NO2/c1-3-4-7(2,5-8)6-9;5-2(6)1-4-3(7)8;2-1(3)4/h8-9H,3-6H2,1-2H3;4H,1H2,(H,5,6)(H,7,8);2H2,(H,3,4). The molecule has 2 amide bonds. The summed E-state index contributed by atoms with van der Waals surface area (Å²) in [6, 6.07) is 0. The van der Waals surface area contributed by atoms with Gasteiger partial charge in [-0.15, -0.1) is 0 Å². The number of carboxylic acids is 1. The highest BCUT2D eigenvalue weighted by Crippen LogP contribution is 2.20. The fraction of sp³-hybridized carbons (Fsp3) is 0.727. The Hall–Kier alpha value is -2.07. The van der Waals surface area contributed by atoms with Crippen molar-refractivity contribution in [3.8, 4) is 0 Å². The fourth-order valence-corrected chi connectivity index (χ4v) is 0.963. The first-order valence-electron chi connectivity index (χ1n) is 5.93. The van der Waals surface area contributed by atoms with Crippen molar-refractivity contribution < 1.29 is 39.9 Å². The third-order valence-electron chi connectivity index (χ3n) is 2.01. The van der Waals surface area contributed by atoms with Gasteiger partial charge in [0, 0.05) is 5.41 Å². The molecule has 8 N–H and O–H groups in total. The van der Waals surface area contributed by atoms with Crippen LogP contribution in [-0.2, 0) is 4.79 Å². The molecule has 0 bridgehead atoms. The SMILES string of the molecule is CCCC(C)(CO)CO.NC(=O)O.O=C(O)CNC(=O)O. The lowest BCUT2D eigenvalue weighted by Crippen LogP contribution is -2.27. The second-order valence-electron chi connectivity index (χ2n) is 4.27. The molecule has 0 spiro atoms. The van der Waals surface area contributed by atoms with Crippen LogP contribution in [0.2, 0.25) is 0 Å². The normalized spacial score (nSPS) is 9.33. The monoisotopic (exact) mass is 312 g/mol. The quantitative estimate of drug-likeness (QED) is 0.348. The van der Waals surface area contributed by atoms with Crippen molar-refractivity contribution in [1.82, 2.24) is 5.32 Å². The molecule has 0 radical (unpaired) electrons. The van der Waals surface area contributed by atoms with E-state index >= 15 is 0 Å². The summed E-state index contributed by atoms with van der Waals surface area (Å²) in [5.41, 5.74) is 3.77. The third kappa shape index (κ3) is 27.2. The second kappa shape index (κ2) is 14.3. The zero-order valence-corrected chi connectivity index (χ0v) is 12.1. The molecule has 0 saturated carbocycles. The zero-order chi connectivity index (χ0) is 17.5. The maximum atomic E-state index is 9.58. The molecule has 21 heavy (non-hydrogen) atoms. The number of primary amides is 1. The highest BCUT2D eigenvalue weighted by Gasteiger charge is 2.20. The summed E-state index contributed by atoms with van der Waals surface area (Å²) >= 11 is 0. The Morgan fingerprint density at radius 3 is 1.57 bits per heavy atom. The lowest BCUT2D eigenvalue weighted by atomic mass is 9.88. The first-order chi connectivity index (χ1) is 9.54. The van der Waals surface area contributed by atoms with Crippen molar-refractivity contribution in [3.05, 3.63) is 0 Å². The van der Waals surface area contributed by atoms with E-state index in [2.05, 4.69) is 5.73 Å². The lowest BCUT2D eigenvalue weighted by molar-refractivity contribution is -0.135. The maximum absolute atomic E-state index is 9.58. The minimum Gasteiger partial charge on any atom is -0.480 e. The van der Waals surface area contributed by atoms with Gasteiger partial charge in [-0.05, 0) is 6.42 Å². The van der Waals surface area contributed by atoms with Crippen molar-refractivity contribution in [2.75, 3.05) is 19.8 Å². The van der Waals surface area contributed by atoms with Gasteiger partial charge < -0.3 is 36.6 Å².